The first kappa shape index (κ1) is 15.8. The van der Waals surface area contributed by atoms with Crippen LogP contribution in [0.3, 0.4) is 0 Å². The van der Waals surface area contributed by atoms with Gasteiger partial charge in [0, 0.05) is 5.69 Å². The molecule has 0 amide bonds. The highest BCUT2D eigenvalue weighted by Gasteiger charge is 2.20. The Morgan fingerprint density at radius 2 is 1.86 bits per heavy atom. The highest BCUT2D eigenvalue weighted by Crippen LogP contribution is 2.20. The van der Waals surface area contributed by atoms with Gasteiger partial charge in [0.05, 0.1) is 33.5 Å². The number of rotatable bonds is 6. The third-order valence-corrected chi connectivity index (χ3v) is 2.91. The monoisotopic (exact) mass is 307 g/mol. The summed E-state index contributed by atoms with van der Waals surface area (Å²) in [6.45, 7) is 1.18. The van der Waals surface area contributed by atoms with Gasteiger partial charge in [-0.15, -0.1) is 0 Å². The second kappa shape index (κ2) is 7.46. The lowest BCUT2D eigenvalue weighted by atomic mass is 10.2. The summed E-state index contributed by atoms with van der Waals surface area (Å²) in [6, 6.07) is 6.97. The van der Waals surface area contributed by atoms with Crippen molar-refractivity contribution in [2.75, 3.05) is 32.8 Å². The Hall–Kier alpha value is -2.54. The summed E-state index contributed by atoms with van der Waals surface area (Å²) in [4.78, 5) is 22.9. The van der Waals surface area contributed by atoms with Crippen molar-refractivity contribution in [3.8, 4) is 5.75 Å². The van der Waals surface area contributed by atoms with Gasteiger partial charge in [-0.25, -0.2) is 9.59 Å². The fraction of sp³-hybridized carbons (Fsp3) is 0.333. The zero-order chi connectivity index (χ0) is 15.9. The number of carbonyl (C=O) groups is 2. The molecule has 1 aromatic rings. The minimum atomic E-state index is -0.669. The minimum absolute atomic E-state index is 0.0181. The van der Waals surface area contributed by atoms with Gasteiger partial charge in [-0.05, 0) is 24.3 Å². The summed E-state index contributed by atoms with van der Waals surface area (Å²) in [6.07, 6.45) is 1.12. The number of hydrogen-bond donors (Lipinski definition) is 1. The molecule has 0 atom stereocenters. The predicted octanol–water partition coefficient (Wildman–Crippen LogP) is 1.11. The lowest BCUT2D eigenvalue weighted by molar-refractivity contribution is -0.138. The van der Waals surface area contributed by atoms with Crippen molar-refractivity contribution in [2.24, 2.45) is 0 Å². The maximum absolute atomic E-state index is 11.6. The summed E-state index contributed by atoms with van der Waals surface area (Å²) >= 11 is 0. The van der Waals surface area contributed by atoms with Gasteiger partial charge >= 0.3 is 11.9 Å². The quantitative estimate of drug-likeness (QED) is 0.622. The van der Waals surface area contributed by atoms with Crippen molar-refractivity contribution in [1.29, 1.82) is 0 Å². The molecule has 118 valence electrons. The molecular formula is C15H17NO6. The van der Waals surface area contributed by atoms with Crippen molar-refractivity contribution in [3.05, 3.63) is 36.0 Å². The van der Waals surface area contributed by atoms with Crippen molar-refractivity contribution in [3.63, 3.8) is 0 Å². The average molecular weight is 307 g/mol. The van der Waals surface area contributed by atoms with E-state index in [9.17, 15) is 9.59 Å². The Balaban J connectivity index is 2.03. The molecule has 1 saturated heterocycles. The number of benzene rings is 1. The van der Waals surface area contributed by atoms with Crippen molar-refractivity contribution in [2.45, 2.75) is 6.10 Å². The Morgan fingerprint density at radius 3 is 2.36 bits per heavy atom. The molecule has 0 aliphatic carbocycles. The number of ether oxygens (including phenoxy) is 4. The van der Waals surface area contributed by atoms with Crippen LogP contribution in [0, 0.1) is 0 Å². The van der Waals surface area contributed by atoms with Crippen molar-refractivity contribution in [1.82, 2.24) is 0 Å². The number of hydrogen-bond acceptors (Lipinski definition) is 7. The van der Waals surface area contributed by atoms with Crippen LogP contribution >= 0.6 is 0 Å². The van der Waals surface area contributed by atoms with Gasteiger partial charge in [0.15, 0.2) is 0 Å². The fourth-order valence-electron chi connectivity index (χ4n) is 1.68. The van der Waals surface area contributed by atoms with Crippen LogP contribution in [-0.2, 0) is 23.8 Å². The van der Waals surface area contributed by atoms with E-state index in [1.165, 1.54) is 14.2 Å². The van der Waals surface area contributed by atoms with Gasteiger partial charge in [0.25, 0.3) is 0 Å². The number of esters is 2. The van der Waals surface area contributed by atoms with E-state index in [4.69, 9.17) is 9.47 Å². The van der Waals surface area contributed by atoms with Crippen LogP contribution in [-0.4, -0.2) is 45.5 Å². The van der Waals surface area contributed by atoms with Crippen LogP contribution in [0.15, 0.2) is 36.0 Å². The molecule has 1 fully saturated rings. The van der Waals surface area contributed by atoms with E-state index in [1.54, 1.807) is 24.3 Å². The lowest BCUT2D eigenvalue weighted by Crippen LogP contribution is -2.38. The first-order chi connectivity index (χ1) is 10.6. The van der Waals surface area contributed by atoms with E-state index in [2.05, 4.69) is 14.8 Å². The second-order valence-corrected chi connectivity index (χ2v) is 4.50. The minimum Gasteiger partial charge on any atom is -0.486 e. The summed E-state index contributed by atoms with van der Waals surface area (Å²) in [7, 11) is 2.46. The van der Waals surface area contributed by atoms with Crippen LogP contribution in [0.4, 0.5) is 5.69 Å². The molecule has 0 aromatic heterocycles. The van der Waals surface area contributed by atoms with E-state index in [-0.39, 0.29) is 11.8 Å². The summed E-state index contributed by atoms with van der Waals surface area (Å²) in [5.74, 6) is -0.620. The third-order valence-electron chi connectivity index (χ3n) is 2.91. The molecule has 22 heavy (non-hydrogen) atoms. The fourth-order valence-corrected chi connectivity index (χ4v) is 1.68. The standard InChI is InChI=1S/C15H17NO6/c1-19-14(17)7-13(15(18)20-2)16-10-3-5-11(6-4-10)22-12-8-21-9-12/h3-7,12,16H,8-9H2,1-2H3/b13-7+. The van der Waals surface area contributed by atoms with Crippen LogP contribution in [0.5, 0.6) is 5.75 Å². The largest absolute Gasteiger partial charge is 0.486 e. The first-order valence-electron chi connectivity index (χ1n) is 6.62. The van der Waals surface area contributed by atoms with Gasteiger partial charge in [-0.3, -0.25) is 0 Å². The van der Waals surface area contributed by atoms with Crippen LogP contribution in [0.25, 0.3) is 0 Å². The maximum atomic E-state index is 11.6. The smallest absolute Gasteiger partial charge is 0.354 e. The predicted molar refractivity (Wildman–Crippen MR) is 77.4 cm³/mol. The lowest BCUT2D eigenvalue weighted by Gasteiger charge is -2.26. The van der Waals surface area contributed by atoms with Crippen molar-refractivity contribution >= 4 is 17.6 Å². The average Bonchev–Trinajstić information content (AvgIpc) is 2.50. The maximum Gasteiger partial charge on any atom is 0.354 e. The van der Waals surface area contributed by atoms with E-state index in [1.807, 2.05) is 0 Å². The molecule has 1 heterocycles. The highest BCUT2D eigenvalue weighted by atomic mass is 16.6. The molecular weight excluding hydrogens is 290 g/mol. The summed E-state index contributed by atoms with van der Waals surface area (Å²) in [5, 5.41) is 2.81. The molecule has 0 unspecified atom stereocenters. The zero-order valence-corrected chi connectivity index (χ0v) is 12.3. The Bertz CT molecular complexity index is 562. The highest BCUT2D eigenvalue weighted by molar-refractivity contribution is 5.98. The number of nitrogens with one attached hydrogen (secondary N) is 1. The second-order valence-electron chi connectivity index (χ2n) is 4.50. The van der Waals surface area contributed by atoms with E-state index in [0.717, 1.165) is 6.08 Å². The number of carbonyl (C=O) groups excluding carboxylic acids is 2. The van der Waals surface area contributed by atoms with Gasteiger partial charge < -0.3 is 24.3 Å². The van der Waals surface area contributed by atoms with Crippen LogP contribution in [0.1, 0.15) is 0 Å². The summed E-state index contributed by atoms with van der Waals surface area (Å²) < 4.78 is 19.8. The summed E-state index contributed by atoms with van der Waals surface area (Å²) in [5.41, 5.74) is 0.591. The Labute approximate surface area is 127 Å². The molecule has 1 aliphatic heterocycles. The molecule has 0 bridgehead atoms. The molecule has 0 radical (unpaired) electrons. The van der Waals surface area contributed by atoms with Gasteiger partial charge in [-0.1, -0.05) is 0 Å². The van der Waals surface area contributed by atoms with Crippen LogP contribution in [0.2, 0.25) is 0 Å². The normalized spacial score (nSPS) is 14.7. The van der Waals surface area contributed by atoms with Crippen LogP contribution < -0.4 is 10.1 Å². The molecule has 1 aliphatic rings. The SMILES string of the molecule is COC(=O)/C=C(/Nc1ccc(OC2COC2)cc1)C(=O)OC. The van der Waals surface area contributed by atoms with E-state index in [0.29, 0.717) is 24.7 Å². The number of anilines is 1. The topological polar surface area (TPSA) is 83.1 Å². The Kier molecular flexibility index (Phi) is 5.37. The molecule has 2 rings (SSSR count). The zero-order valence-electron chi connectivity index (χ0n) is 12.3. The first-order valence-corrected chi connectivity index (χ1v) is 6.62. The Morgan fingerprint density at radius 1 is 1.18 bits per heavy atom. The molecule has 7 heteroatoms. The number of methoxy groups -OCH3 is 2. The third kappa shape index (κ3) is 4.23. The molecule has 0 saturated carbocycles. The molecule has 1 N–H and O–H groups in total. The van der Waals surface area contributed by atoms with Crippen molar-refractivity contribution < 1.29 is 28.5 Å². The molecule has 1 aromatic carbocycles. The van der Waals surface area contributed by atoms with E-state index >= 15 is 0 Å². The van der Waals surface area contributed by atoms with Gasteiger partial charge in [0.2, 0.25) is 0 Å². The van der Waals surface area contributed by atoms with E-state index < -0.39 is 11.9 Å². The molecule has 0 spiro atoms. The van der Waals surface area contributed by atoms with Gasteiger partial charge in [-0.2, -0.15) is 0 Å². The van der Waals surface area contributed by atoms with Gasteiger partial charge in [0.1, 0.15) is 17.6 Å². The molecule has 7 nitrogen and oxygen atoms in total.